The SMILES string of the molecule is CSCCC(C)NCC1CCCCN1C(=O)OC(C)(C)C. The molecule has 0 aliphatic carbocycles. The van der Waals surface area contributed by atoms with Gasteiger partial charge in [-0.05, 0) is 65.4 Å². The van der Waals surface area contributed by atoms with Gasteiger partial charge in [-0.25, -0.2) is 4.79 Å². The number of hydrogen-bond donors (Lipinski definition) is 1. The van der Waals surface area contributed by atoms with Crippen LogP contribution >= 0.6 is 11.8 Å². The molecule has 0 bridgehead atoms. The molecule has 1 aliphatic rings. The minimum absolute atomic E-state index is 0.161. The van der Waals surface area contributed by atoms with Crippen molar-refractivity contribution in [3.63, 3.8) is 0 Å². The summed E-state index contributed by atoms with van der Waals surface area (Å²) in [6.45, 7) is 9.68. The number of nitrogens with one attached hydrogen (secondary N) is 1. The van der Waals surface area contributed by atoms with Crippen molar-refractivity contribution in [2.75, 3.05) is 25.1 Å². The Balaban J connectivity index is 2.47. The third-order valence-electron chi connectivity index (χ3n) is 3.71. The zero-order valence-corrected chi connectivity index (χ0v) is 15.1. The molecule has 1 fully saturated rings. The van der Waals surface area contributed by atoms with E-state index in [1.165, 1.54) is 18.6 Å². The molecule has 4 nitrogen and oxygen atoms in total. The van der Waals surface area contributed by atoms with E-state index in [4.69, 9.17) is 4.74 Å². The molecule has 0 aromatic heterocycles. The van der Waals surface area contributed by atoms with E-state index in [1.54, 1.807) is 0 Å². The van der Waals surface area contributed by atoms with Gasteiger partial charge in [0.1, 0.15) is 5.60 Å². The molecule has 124 valence electrons. The normalized spacial score (nSPS) is 21.2. The van der Waals surface area contributed by atoms with Crippen LogP contribution in [-0.2, 0) is 4.74 Å². The third-order valence-corrected chi connectivity index (χ3v) is 4.36. The number of rotatable bonds is 6. The molecule has 1 rings (SSSR count). The maximum Gasteiger partial charge on any atom is 0.410 e. The van der Waals surface area contributed by atoms with Gasteiger partial charge in [0.15, 0.2) is 0 Å². The summed E-state index contributed by atoms with van der Waals surface area (Å²) in [5, 5.41) is 3.57. The Morgan fingerprint density at radius 1 is 1.43 bits per heavy atom. The predicted molar refractivity (Wildman–Crippen MR) is 91.0 cm³/mol. The first-order valence-corrected chi connectivity index (χ1v) is 9.45. The van der Waals surface area contributed by atoms with Crippen molar-refractivity contribution in [1.29, 1.82) is 0 Å². The van der Waals surface area contributed by atoms with Gasteiger partial charge in [0.05, 0.1) is 0 Å². The second-order valence-corrected chi connectivity index (χ2v) is 7.90. The van der Waals surface area contributed by atoms with Crippen LogP contribution in [0.4, 0.5) is 4.79 Å². The number of likely N-dealkylation sites (tertiary alicyclic amines) is 1. The molecule has 21 heavy (non-hydrogen) atoms. The highest BCUT2D eigenvalue weighted by atomic mass is 32.2. The van der Waals surface area contributed by atoms with Crippen molar-refractivity contribution < 1.29 is 9.53 Å². The first-order valence-electron chi connectivity index (χ1n) is 8.05. The highest BCUT2D eigenvalue weighted by molar-refractivity contribution is 7.98. The van der Waals surface area contributed by atoms with E-state index in [1.807, 2.05) is 37.4 Å². The van der Waals surface area contributed by atoms with Crippen molar-refractivity contribution >= 4 is 17.9 Å². The average molecular weight is 317 g/mol. The van der Waals surface area contributed by atoms with Crippen LogP contribution in [-0.4, -0.2) is 53.8 Å². The average Bonchev–Trinajstić information content (AvgIpc) is 2.41. The number of nitrogens with zero attached hydrogens (tertiary/aromatic N) is 1. The quantitative estimate of drug-likeness (QED) is 0.814. The molecule has 1 saturated heterocycles. The zero-order chi connectivity index (χ0) is 15.9. The van der Waals surface area contributed by atoms with Crippen molar-refractivity contribution in [1.82, 2.24) is 10.2 Å². The molecule has 5 heteroatoms. The van der Waals surface area contributed by atoms with E-state index >= 15 is 0 Å². The molecule has 2 atom stereocenters. The van der Waals surface area contributed by atoms with Crippen molar-refractivity contribution in [3.8, 4) is 0 Å². The predicted octanol–water partition coefficient (Wildman–Crippen LogP) is 3.51. The van der Waals surface area contributed by atoms with Crippen molar-refractivity contribution in [2.45, 2.75) is 71.1 Å². The Morgan fingerprint density at radius 2 is 2.14 bits per heavy atom. The summed E-state index contributed by atoms with van der Waals surface area (Å²) in [6.07, 6.45) is 6.49. The molecule has 1 N–H and O–H groups in total. The molecular weight excluding hydrogens is 284 g/mol. The highest BCUT2D eigenvalue weighted by Crippen LogP contribution is 2.20. The Kier molecular flexibility index (Phi) is 7.88. The lowest BCUT2D eigenvalue weighted by Gasteiger charge is -2.37. The number of ether oxygens (including phenoxy) is 1. The van der Waals surface area contributed by atoms with Crippen LogP contribution in [0.15, 0.2) is 0 Å². The van der Waals surface area contributed by atoms with Crippen LogP contribution < -0.4 is 5.32 Å². The topological polar surface area (TPSA) is 41.6 Å². The lowest BCUT2D eigenvalue weighted by molar-refractivity contribution is 0.00970. The van der Waals surface area contributed by atoms with E-state index in [0.717, 1.165) is 25.9 Å². The number of piperidine rings is 1. The zero-order valence-electron chi connectivity index (χ0n) is 14.3. The van der Waals surface area contributed by atoms with Gasteiger partial charge in [-0.15, -0.1) is 0 Å². The molecule has 1 heterocycles. The number of carbonyl (C=O) groups excluding carboxylic acids is 1. The second-order valence-electron chi connectivity index (χ2n) is 6.91. The number of amides is 1. The fourth-order valence-corrected chi connectivity index (χ4v) is 3.10. The summed E-state index contributed by atoms with van der Waals surface area (Å²) in [5.41, 5.74) is -0.419. The maximum atomic E-state index is 12.3. The van der Waals surface area contributed by atoms with Gasteiger partial charge < -0.3 is 15.0 Å². The lowest BCUT2D eigenvalue weighted by atomic mass is 10.0. The molecule has 2 unspecified atom stereocenters. The molecule has 0 aromatic carbocycles. The van der Waals surface area contributed by atoms with Crippen LogP contribution in [0.25, 0.3) is 0 Å². The highest BCUT2D eigenvalue weighted by Gasteiger charge is 2.30. The minimum atomic E-state index is -0.419. The largest absolute Gasteiger partial charge is 0.444 e. The van der Waals surface area contributed by atoms with Crippen LogP contribution in [0.2, 0.25) is 0 Å². The fraction of sp³-hybridized carbons (Fsp3) is 0.938. The first-order chi connectivity index (χ1) is 9.83. The minimum Gasteiger partial charge on any atom is -0.444 e. The molecule has 0 spiro atoms. The van der Waals surface area contributed by atoms with Crippen molar-refractivity contribution in [3.05, 3.63) is 0 Å². The standard InChI is InChI=1S/C16H32N2O2S/c1-13(9-11-21-5)17-12-14-8-6-7-10-18(14)15(19)20-16(2,3)4/h13-14,17H,6-12H2,1-5H3. The Labute approximate surface area is 134 Å². The summed E-state index contributed by atoms with van der Waals surface area (Å²) in [5.74, 6) is 1.18. The van der Waals surface area contributed by atoms with E-state index in [9.17, 15) is 4.79 Å². The molecule has 0 radical (unpaired) electrons. The van der Waals surface area contributed by atoms with Crippen LogP contribution in [0.1, 0.15) is 53.4 Å². The second kappa shape index (κ2) is 8.89. The van der Waals surface area contributed by atoms with E-state index in [-0.39, 0.29) is 12.1 Å². The molecule has 0 aromatic rings. The van der Waals surface area contributed by atoms with Gasteiger partial charge >= 0.3 is 6.09 Å². The van der Waals surface area contributed by atoms with Crippen molar-refractivity contribution in [2.24, 2.45) is 0 Å². The molecular formula is C16H32N2O2S. The van der Waals surface area contributed by atoms with Crippen LogP contribution in [0.5, 0.6) is 0 Å². The molecule has 0 saturated carbocycles. The number of thioether (sulfide) groups is 1. The molecule has 1 aliphatic heterocycles. The van der Waals surface area contributed by atoms with E-state index in [0.29, 0.717) is 6.04 Å². The number of hydrogen-bond acceptors (Lipinski definition) is 4. The summed E-state index contributed by atoms with van der Waals surface area (Å²) in [4.78, 5) is 14.2. The maximum absolute atomic E-state index is 12.3. The van der Waals surface area contributed by atoms with Gasteiger partial charge in [-0.1, -0.05) is 0 Å². The summed E-state index contributed by atoms with van der Waals surface area (Å²) in [6, 6.07) is 0.769. The Hall–Kier alpha value is -0.420. The third kappa shape index (κ3) is 7.41. The monoisotopic (exact) mass is 316 g/mol. The van der Waals surface area contributed by atoms with Gasteiger partial charge in [0.2, 0.25) is 0 Å². The number of carbonyl (C=O) groups is 1. The van der Waals surface area contributed by atoms with E-state index < -0.39 is 5.60 Å². The van der Waals surface area contributed by atoms with Gasteiger partial charge in [-0.2, -0.15) is 11.8 Å². The first kappa shape index (κ1) is 18.6. The lowest BCUT2D eigenvalue weighted by Crippen LogP contribution is -2.51. The van der Waals surface area contributed by atoms with E-state index in [2.05, 4.69) is 18.5 Å². The Bertz CT molecular complexity index is 318. The van der Waals surface area contributed by atoms with Gasteiger partial charge in [0.25, 0.3) is 0 Å². The smallest absolute Gasteiger partial charge is 0.410 e. The fourth-order valence-electron chi connectivity index (χ4n) is 2.51. The summed E-state index contributed by atoms with van der Waals surface area (Å²) in [7, 11) is 0. The van der Waals surface area contributed by atoms with Gasteiger partial charge in [0, 0.05) is 25.2 Å². The summed E-state index contributed by atoms with van der Waals surface area (Å²) >= 11 is 1.88. The Morgan fingerprint density at radius 3 is 2.76 bits per heavy atom. The van der Waals surface area contributed by atoms with Crippen LogP contribution in [0, 0.1) is 0 Å². The van der Waals surface area contributed by atoms with Gasteiger partial charge in [-0.3, -0.25) is 0 Å². The summed E-state index contributed by atoms with van der Waals surface area (Å²) < 4.78 is 5.54. The molecule has 1 amide bonds. The van der Waals surface area contributed by atoms with Crippen LogP contribution in [0.3, 0.4) is 0 Å².